The molecule has 198 valence electrons. The van der Waals surface area contributed by atoms with Gasteiger partial charge in [-0.25, -0.2) is 9.78 Å². The molecule has 3 aromatic rings. The first-order valence-electron chi connectivity index (χ1n) is 12.8. The van der Waals surface area contributed by atoms with Crippen molar-refractivity contribution in [3.05, 3.63) is 65.0 Å². The Morgan fingerprint density at radius 2 is 1.79 bits per heavy atom. The molecule has 1 N–H and O–H groups in total. The van der Waals surface area contributed by atoms with Crippen LogP contribution in [0.5, 0.6) is 5.88 Å². The number of carboxylic acids is 1. The highest BCUT2D eigenvalue weighted by molar-refractivity contribution is 5.98. The Balaban J connectivity index is 1.35. The Labute approximate surface area is 221 Å². The van der Waals surface area contributed by atoms with E-state index in [0.717, 1.165) is 30.5 Å². The maximum Gasteiger partial charge on any atom is 0.335 e. The number of Topliss-reactive ketones (excluding diaryl/α,β-unsaturated/α-hetero) is 1. The number of methoxy groups -OCH3 is 1. The summed E-state index contributed by atoms with van der Waals surface area (Å²) in [5.41, 5.74) is 2.92. The highest BCUT2D eigenvalue weighted by Crippen LogP contribution is 2.44. The normalized spacial score (nSPS) is 16.8. The molecule has 9 heteroatoms. The van der Waals surface area contributed by atoms with Crippen molar-refractivity contribution in [3.8, 4) is 17.1 Å². The summed E-state index contributed by atoms with van der Waals surface area (Å²) in [6.45, 7) is 7.23. The molecule has 38 heavy (non-hydrogen) atoms. The molecular weight excluding hydrogens is 484 g/mol. The summed E-state index contributed by atoms with van der Waals surface area (Å²) in [6.07, 6.45) is 4.57. The third-order valence-corrected chi connectivity index (χ3v) is 7.62. The van der Waals surface area contributed by atoms with Gasteiger partial charge in [0.15, 0.2) is 5.78 Å². The second-order valence-corrected chi connectivity index (χ2v) is 11.3. The maximum atomic E-state index is 13.5. The first kappa shape index (κ1) is 25.6. The van der Waals surface area contributed by atoms with Crippen molar-refractivity contribution in [2.75, 3.05) is 20.2 Å². The number of pyridine rings is 1. The molecule has 0 atom stereocenters. The van der Waals surface area contributed by atoms with Gasteiger partial charge in [0.25, 0.3) is 5.91 Å². The highest BCUT2D eigenvalue weighted by Gasteiger charge is 2.44. The minimum absolute atomic E-state index is 0.130. The molecule has 1 aromatic carbocycles. The molecule has 2 aromatic heterocycles. The second-order valence-electron chi connectivity index (χ2n) is 11.3. The zero-order valence-corrected chi connectivity index (χ0v) is 22.2. The van der Waals surface area contributed by atoms with E-state index in [-0.39, 0.29) is 34.1 Å². The van der Waals surface area contributed by atoms with Gasteiger partial charge in [-0.2, -0.15) is 5.10 Å². The van der Waals surface area contributed by atoms with Crippen LogP contribution >= 0.6 is 0 Å². The zero-order chi connectivity index (χ0) is 27.2. The Kier molecular flexibility index (Phi) is 6.33. The number of hydrogen-bond donors (Lipinski definition) is 1. The molecular formula is C29H32N4O5. The van der Waals surface area contributed by atoms with E-state index in [2.05, 4.69) is 10.1 Å². The predicted molar refractivity (Wildman–Crippen MR) is 141 cm³/mol. The van der Waals surface area contributed by atoms with E-state index in [1.807, 2.05) is 36.5 Å². The van der Waals surface area contributed by atoms with Gasteiger partial charge in [-0.15, -0.1) is 0 Å². The van der Waals surface area contributed by atoms with E-state index in [1.54, 1.807) is 24.3 Å². The second kappa shape index (κ2) is 9.38. The van der Waals surface area contributed by atoms with Gasteiger partial charge in [0.1, 0.15) is 5.69 Å². The third-order valence-electron chi connectivity index (χ3n) is 7.62. The van der Waals surface area contributed by atoms with Gasteiger partial charge < -0.3 is 14.7 Å². The molecule has 1 aliphatic heterocycles. The number of piperidine rings is 1. The van der Waals surface area contributed by atoms with Gasteiger partial charge in [-0.1, -0.05) is 12.1 Å². The lowest BCUT2D eigenvalue weighted by Crippen LogP contribution is -2.46. The molecule has 3 heterocycles. The smallest absolute Gasteiger partial charge is 0.335 e. The van der Waals surface area contributed by atoms with Crippen LogP contribution in [0.4, 0.5) is 0 Å². The maximum absolute atomic E-state index is 13.5. The monoisotopic (exact) mass is 516 g/mol. The number of nitrogens with zero attached hydrogens (tertiary/aromatic N) is 4. The number of carboxylic acid groups (broad SMARTS) is 1. The van der Waals surface area contributed by atoms with Crippen LogP contribution in [-0.4, -0.2) is 62.6 Å². The molecule has 0 bridgehead atoms. The molecule has 1 amide bonds. The predicted octanol–water partition coefficient (Wildman–Crippen LogP) is 4.46. The number of fused-ring (bicyclic) bond motifs is 1. The van der Waals surface area contributed by atoms with Crippen molar-refractivity contribution in [3.63, 3.8) is 0 Å². The molecule has 0 radical (unpaired) electrons. The molecule has 2 aliphatic rings. The average Bonchev–Trinajstić information content (AvgIpc) is 3.33. The van der Waals surface area contributed by atoms with Crippen molar-refractivity contribution in [1.29, 1.82) is 0 Å². The highest BCUT2D eigenvalue weighted by atomic mass is 16.5. The quantitative estimate of drug-likeness (QED) is 0.544. The topological polar surface area (TPSA) is 115 Å². The Hall–Kier alpha value is -4.01. The van der Waals surface area contributed by atoms with Crippen molar-refractivity contribution in [1.82, 2.24) is 19.7 Å². The Bertz CT molecular complexity index is 1430. The van der Waals surface area contributed by atoms with E-state index in [1.165, 1.54) is 19.2 Å². The van der Waals surface area contributed by atoms with Gasteiger partial charge in [0, 0.05) is 42.3 Å². The average molecular weight is 517 g/mol. The van der Waals surface area contributed by atoms with E-state index in [9.17, 15) is 19.5 Å². The molecule has 0 saturated carbocycles. The van der Waals surface area contributed by atoms with Crippen molar-refractivity contribution in [2.45, 2.75) is 52.0 Å². The van der Waals surface area contributed by atoms with Crippen LogP contribution in [0.15, 0.2) is 42.6 Å². The van der Waals surface area contributed by atoms with E-state index in [4.69, 9.17) is 4.74 Å². The SMILES string of the molecule is COc1cc(C(=O)N2CCC3(CC2)CC(=O)c2c(cnn2C(C)(C)C)C3)cc(-c2cccc(C(=O)O)c2)n1. The van der Waals surface area contributed by atoms with Crippen LogP contribution in [0.1, 0.15) is 76.8 Å². The number of ether oxygens (including phenoxy) is 1. The van der Waals surface area contributed by atoms with Gasteiger partial charge in [-0.3, -0.25) is 14.3 Å². The summed E-state index contributed by atoms with van der Waals surface area (Å²) in [4.78, 5) is 44.4. The summed E-state index contributed by atoms with van der Waals surface area (Å²) in [6, 6.07) is 9.72. The molecule has 1 saturated heterocycles. The Morgan fingerprint density at radius 1 is 1.05 bits per heavy atom. The third kappa shape index (κ3) is 4.68. The first-order valence-corrected chi connectivity index (χ1v) is 12.8. The Morgan fingerprint density at radius 3 is 2.45 bits per heavy atom. The minimum atomic E-state index is -1.03. The summed E-state index contributed by atoms with van der Waals surface area (Å²) >= 11 is 0. The fourth-order valence-corrected chi connectivity index (χ4v) is 5.62. The molecule has 1 fully saturated rings. The lowest BCUT2D eigenvalue weighted by Gasteiger charge is -2.43. The number of aromatic carboxylic acids is 1. The number of likely N-dealkylation sites (tertiary alicyclic amines) is 1. The number of carbonyl (C=O) groups is 3. The molecule has 1 aliphatic carbocycles. The van der Waals surface area contributed by atoms with Gasteiger partial charge in [-0.05, 0) is 63.6 Å². The number of hydrogen-bond acceptors (Lipinski definition) is 6. The van der Waals surface area contributed by atoms with Gasteiger partial charge >= 0.3 is 5.97 Å². The fraction of sp³-hybridized carbons (Fsp3) is 0.414. The number of ketones is 1. The van der Waals surface area contributed by atoms with E-state index < -0.39 is 5.97 Å². The molecule has 5 rings (SSSR count). The van der Waals surface area contributed by atoms with E-state index >= 15 is 0 Å². The standard InChI is InChI=1S/C29H32N4O5/c1-28(2,3)33-25-21(17-30-33)15-29(16-23(25)34)8-10-32(11-9-29)26(35)20-13-22(31-24(14-20)38-4)18-6-5-7-19(12-18)27(36)37/h5-7,12-14,17H,8-11,15-16H2,1-4H3,(H,36,37). The van der Waals surface area contributed by atoms with Crippen molar-refractivity contribution >= 4 is 17.7 Å². The van der Waals surface area contributed by atoms with Gasteiger partial charge in [0.05, 0.1) is 30.1 Å². The molecule has 9 nitrogen and oxygen atoms in total. The van der Waals surface area contributed by atoms with Crippen molar-refractivity contribution < 1.29 is 24.2 Å². The van der Waals surface area contributed by atoms with Crippen molar-refractivity contribution in [2.24, 2.45) is 5.41 Å². The minimum Gasteiger partial charge on any atom is -0.481 e. The van der Waals surface area contributed by atoms with Crippen LogP contribution in [0, 0.1) is 5.41 Å². The fourth-order valence-electron chi connectivity index (χ4n) is 5.62. The van der Waals surface area contributed by atoms with Crippen LogP contribution in [0.25, 0.3) is 11.3 Å². The lowest BCUT2D eigenvalue weighted by atomic mass is 9.67. The summed E-state index contributed by atoms with van der Waals surface area (Å²) in [7, 11) is 1.48. The van der Waals surface area contributed by atoms with Crippen LogP contribution < -0.4 is 4.74 Å². The van der Waals surface area contributed by atoms with Crippen LogP contribution in [0.2, 0.25) is 0 Å². The molecule has 1 spiro atoms. The number of amides is 1. The van der Waals surface area contributed by atoms with E-state index in [0.29, 0.717) is 36.3 Å². The van der Waals surface area contributed by atoms with Crippen LogP contribution in [0.3, 0.4) is 0 Å². The summed E-state index contributed by atoms with van der Waals surface area (Å²) in [5.74, 6) is -0.765. The van der Waals surface area contributed by atoms with Gasteiger partial charge in [0.2, 0.25) is 5.88 Å². The lowest BCUT2D eigenvalue weighted by molar-refractivity contribution is 0.0514. The number of carbonyl (C=O) groups excluding carboxylic acids is 2. The zero-order valence-electron chi connectivity index (χ0n) is 22.2. The number of rotatable bonds is 4. The summed E-state index contributed by atoms with van der Waals surface area (Å²) in [5, 5.41) is 13.9. The number of benzene rings is 1. The van der Waals surface area contributed by atoms with Crippen LogP contribution in [-0.2, 0) is 12.0 Å². The number of aromatic nitrogens is 3. The largest absolute Gasteiger partial charge is 0.481 e. The molecule has 0 unspecified atom stereocenters. The summed E-state index contributed by atoms with van der Waals surface area (Å²) < 4.78 is 7.19. The first-order chi connectivity index (χ1) is 18.0.